The van der Waals surface area contributed by atoms with Crippen LogP contribution in [0, 0.1) is 11.8 Å². The van der Waals surface area contributed by atoms with Crippen LogP contribution in [0.25, 0.3) is 0 Å². The normalized spacial score (nSPS) is 45.0. The molecule has 2 heteroatoms. The summed E-state index contributed by atoms with van der Waals surface area (Å²) in [6, 6.07) is 0. The molecule has 6 rings (SSSR count). The van der Waals surface area contributed by atoms with E-state index in [2.05, 4.69) is 9.80 Å². The maximum absolute atomic E-state index is 2.58. The van der Waals surface area contributed by atoms with E-state index in [1.54, 1.807) is 0 Å². The fraction of sp³-hybridized carbons (Fsp3) is 1.00. The fourth-order valence-electron chi connectivity index (χ4n) is 3.73. The maximum atomic E-state index is 2.58. The van der Waals surface area contributed by atoms with Gasteiger partial charge in [0.15, 0.2) is 0 Å². The van der Waals surface area contributed by atoms with Crippen LogP contribution in [0.1, 0.15) is 38.5 Å². The van der Waals surface area contributed by atoms with E-state index in [0.717, 1.165) is 11.8 Å². The van der Waals surface area contributed by atoms with Gasteiger partial charge in [-0.1, -0.05) is 0 Å². The van der Waals surface area contributed by atoms with Gasteiger partial charge < -0.3 is 9.80 Å². The van der Waals surface area contributed by atoms with Gasteiger partial charge in [-0.25, -0.2) is 0 Å². The molecule has 0 atom stereocenters. The molecule has 6 saturated heterocycles. The van der Waals surface area contributed by atoms with E-state index in [-0.39, 0.29) is 0 Å². The van der Waals surface area contributed by atoms with Gasteiger partial charge in [-0.15, -0.1) is 0 Å². The Morgan fingerprint density at radius 2 is 0.688 bits per heavy atom. The standard InChI is InChI=1S/2C7H13N/c2*1-4-8-5-2-7(1)3-6-8/h2*7H,1-6H2. The van der Waals surface area contributed by atoms with Crippen LogP contribution in [-0.4, -0.2) is 49.1 Å². The molecule has 6 aliphatic rings. The van der Waals surface area contributed by atoms with Gasteiger partial charge in [0.2, 0.25) is 0 Å². The lowest BCUT2D eigenvalue weighted by atomic mass is 9.89. The third-order valence-corrected chi connectivity index (χ3v) is 5.12. The van der Waals surface area contributed by atoms with Gasteiger partial charge in [0.1, 0.15) is 0 Å². The number of fused-ring (bicyclic) bond motifs is 6. The summed E-state index contributed by atoms with van der Waals surface area (Å²) in [5, 5.41) is 0. The third kappa shape index (κ3) is 2.60. The highest BCUT2D eigenvalue weighted by molar-refractivity contribution is 4.79. The van der Waals surface area contributed by atoms with Crippen LogP contribution in [-0.2, 0) is 0 Å². The molecule has 92 valence electrons. The van der Waals surface area contributed by atoms with E-state index >= 15 is 0 Å². The van der Waals surface area contributed by atoms with E-state index in [9.17, 15) is 0 Å². The smallest absolute Gasteiger partial charge is 0.00161 e. The number of piperidine rings is 6. The highest BCUT2D eigenvalue weighted by Gasteiger charge is 2.25. The number of hydrogen-bond acceptors (Lipinski definition) is 2. The van der Waals surface area contributed by atoms with Gasteiger partial charge in [0.05, 0.1) is 0 Å². The molecule has 2 nitrogen and oxygen atoms in total. The van der Waals surface area contributed by atoms with Crippen LogP contribution in [0.3, 0.4) is 0 Å². The minimum atomic E-state index is 1.11. The SMILES string of the molecule is C1CN2CCC1CC2.C1CN2CCC1CC2. The molecule has 0 saturated carbocycles. The van der Waals surface area contributed by atoms with Gasteiger partial charge in [-0.2, -0.15) is 0 Å². The molecule has 6 heterocycles. The van der Waals surface area contributed by atoms with Gasteiger partial charge in [0.25, 0.3) is 0 Å². The highest BCUT2D eigenvalue weighted by Crippen LogP contribution is 2.26. The predicted octanol–water partition coefficient (Wildman–Crippen LogP) is 2.20. The molecule has 0 N–H and O–H groups in total. The molecule has 6 aliphatic heterocycles. The van der Waals surface area contributed by atoms with Crippen molar-refractivity contribution in [2.45, 2.75) is 38.5 Å². The Kier molecular flexibility index (Phi) is 3.49. The molecular weight excluding hydrogens is 196 g/mol. The summed E-state index contributed by atoms with van der Waals surface area (Å²) < 4.78 is 0. The molecule has 0 aliphatic carbocycles. The third-order valence-electron chi connectivity index (χ3n) is 5.12. The van der Waals surface area contributed by atoms with Crippen LogP contribution in [0.5, 0.6) is 0 Å². The van der Waals surface area contributed by atoms with E-state index in [1.807, 2.05) is 0 Å². The van der Waals surface area contributed by atoms with Gasteiger partial charge in [0, 0.05) is 0 Å². The first-order valence-electron chi connectivity index (χ1n) is 7.35. The first kappa shape index (κ1) is 11.0. The van der Waals surface area contributed by atoms with Crippen LogP contribution >= 0.6 is 0 Å². The number of hydrogen-bond donors (Lipinski definition) is 0. The van der Waals surface area contributed by atoms with Gasteiger partial charge in [-0.05, 0) is 89.6 Å². The van der Waals surface area contributed by atoms with Crippen molar-refractivity contribution >= 4 is 0 Å². The largest absolute Gasteiger partial charge is 0.303 e. The van der Waals surface area contributed by atoms with Crippen molar-refractivity contribution in [2.75, 3.05) is 39.3 Å². The fourth-order valence-corrected chi connectivity index (χ4v) is 3.73. The molecular formula is C14H26N2. The zero-order valence-electron chi connectivity index (χ0n) is 10.5. The Hall–Kier alpha value is -0.0800. The predicted molar refractivity (Wildman–Crippen MR) is 67.6 cm³/mol. The van der Waals surface area contributed by atoms with Crippen molar-refractivity contribution in [3.63, 3.8) is 0 Å². The number of rotatable bonds is 0. The lowest BCUT2D eigenvalue weighted by molar-refractivity contribution is 0.111. The van der Waals surface area contributed by atoms with E-state index in [4.69, 9.17) is 0 Å². The van der Waals surface area contributed by atoms with Crippen molar-refractivity contribution in [1.82, 2.24) is 9.80 Å². The molecule has 6 fully saturated rings. The minimum absolute atomic E-state index is 1.11. The lowest BCUT2D eigenvalue weighted by Gasteiger charge is -2.38. The average molecular weight is 222 g/mol. The van der Waals surface area contributed by atoms with Crippen molar-refractivity contribution in [3.05, 3.63) is 0 Å². The quantitative estimate of drug-likeness (QED) is 0.620. The molecule has 0 spiro atoms. The summed E-state index contributed by atoms with van der Waals surface area (Å²) in [5.41, 5.74) is 0. The van der Waals surface area contributed by atoms with Crippen LogP contribution in [0.4, 0.5) is 0 Å². The van der Waals surface area contributed by atoms with Crippen molar-refractivity contribution in [3.8, 4) is 0 Å². The zero-order valence-corrected chi connectivity index (χ0v) is 10.5. The molecule has 0 aromatic heterocycles. The Labute approximate surface area is 100.0 Å². The Bertz CT molecular complexity index is 143. The maximum Gasteiger partial charge on any atom is -0.00161 e. The van der Waals surface area contributed by atoms with Gasteiger partial charge >= 0.3 is 0 Å². The Morgan fingerprint density at radius 3 is 0.750 bits per heavy atom. The second kappa shape index (κ2) is 5.05. The van der Waals surface area contributed by atoms with Crippen LogP contribution < -0.4 is 0 Å². The summed E-state index contributed by atoms with van der Waals surface area (Å²) in [6.07, 6.45) is 8.92. The van der Waals surface area contributed by atoms with E-state index < -0.39 is 0 Å². The molecule has 0 unspecified atom stereocenters. The van der Waals surface area contributed by atoms with Crippen molar-refractivity contribution in [2.24, 2.45) is 11.8 Å². The topological polar surface area (TPSA) is 6.48 Å². The summed E-state index contributed by atoms with van der Waals surface area (Å²) >= 11 is 0. The van der Waals surface area contributed by atoms with Crippen molar-refractivity contribution < 1.29 is 0 Å². The molecule has 16 heavy (non-hydrogen) atoms. The highest BCUT2D eigenvalue weighted by atomic mass is 15.1. The van der Waals surface area contributed by atoms with E-state index in [0.29, 0.717) is 0 Å². The Balaban J connectivity index is 0.000000101. The van der Waals surface area contributed by atoms with Crippen LogP contribution in [0.15, 0.2) is 0 Å². The second-order valence-electron chi connectivity index (χ2n) is 6.15. The molecule has 0 amide bonds. The molecule has 4 bridgehead atoms. The zero-order chi connectivity index (χ0) is 10.8. The summed E-state index contributed by atoms with van der Waals surface area (Å²) in [4.78, 5) is 5.17. The molecule has 0 aromatic carbocycles. The van der Waals surface area contributed by atoms with Gasteiger partial charge in [-0.3, -0.25) is 0 Å². The first-order chi connectivity index (χ1) is 7.90. The van der Waals surface area contributed by atoms with Crippen molar-refractivity contribution in [1.29, 1.82) is 0 Å². The minimum Gasteiger partial charge on any atom is -0.303 e. The summed E-state index contributed by atoms with van der Waals surface area (Å²) in [7, 11) is 0. The first-order valence-corrected chi connectivity index (χ1v) is 7.35. The Morgan fingerprint density at radius 1 is 0.438 bits per heavy atom. The summed E-state index contributed by atoms with van der Waals surface area (Å²) in [5.74, 6) is 2.22. The monoisotopic (exact) mass is 222 g/mol. The summed E-state index contributed by atoms with van der Waals surface area (Å²) in [6.45, 7) is 8.36. The second-order valence-corrected chi connectivity index (χ2v) is 6.15. The van der Waals surface area contributed by atoms with E-state index in [1.165, 1.54) is 77.8 Å². The molecule has 0 radical (unpaired) electrons. The number of nitrogens with zero attached hydrogens (tertiary/aromatic N) is 2. The molecule has 0 aromatic rings. The average Bonchev–Trinajstić information content (AvgIpc) is 2.44. The lowest BCUT2D eigenvalue weighted by Crippen LogP contribution is -2.41. The van der Waals surface area contributed by atoms with Crippen LogP contribution in [0.2, 0.25) is 0 Å².